The molecule has 0 bridgehead atoms. The second-order valence-corrected chi connectivity index (χ2v) is 3.11. The van der Waals surface area contributed by atoms with E-state index in [2.05, 4.69) is 9.72 Å². The number of nitrogens with zero attached hydrogens (tertiary/aromatic N) is 2. The van der Waals surface area contributed by atoms with Crippen molar-refractivity contribution in [2.75, 3.05) is 13.7 Å². The van der Waals surface area contributed by atoms with Gasteiger partial charge in [-0.2, -0.15) is 5.26 Å². The fourth-order valence-electron chi connectivity index (χ4n) is 1.30. The van der Waals surface area contributed by atoms with Gasteiger partial charge in [0.1, 0.15) is 0 Å². The molecule has 18 heavy (non-hydrogen) atoms. The second-order valence-electron chi connectivity index (χ2n) is 3.11. The molecule has 0 amide bonds. The summed E-state index contributed by atoms with van der Waals surface area (Å²) in [7, 11) is 1.25. The van der Waals surface area contributed by atoms with Gasteiger partial charge in [0.15, 0.2) is 5.69 Å². The molecule has 1 heterocycles. The van der Waals surface area contributed by atoms with Crippen molar-refractivity contribution in [2.45, 2.75) is 13.3 Å². The predicted molar refractivity (Wildman–Crippen MR) is 56.4 cm³/mol. The maximum absolute atomic E-state index is 12.9. The van der Waals surface area contributed by atoms with E-state index < -0.39 is 23.7 Å². The number of aromatic nitrogens is 1. The number of pyridine rings is 1. The summed E-state index contributed by atoms with van der Waals surface area (Å²) in [5.41, 5.74) is -1.69. The van der Waals surface area contributed by atoms with Crippen LogP contribution in [0.1, 0.15) is 35.0 Å². The summed E-state index contributed by atoms with van der Waals surface area (Å²) in [6, 6.07) is 2.63. The number of rotatable bonds is 4. The smallest absolute Gasteiger partial charge is 0.357 e. The van der Waals surface area contributed by atoms with Crippen LogP contribution < -0.4 is 4.74 Å². The minimum Gasteiger partial charge on any atom is -0.481 e. The summed E-state index contributed by atoms with van der Waals surface area (Å²) in [5, 5.41) is 8.80. The Morgan fingerprint density at radius 2 is 2.28 bits per heavy atom. The molecule has 0 saturated carbocycles. The van der Waals surface area contributed by atoms with E-state index in [4.69, 9.17) is 10.00 Å². The Labute approximate surface area is 102 Å². The first kappa shape index (κ1) is 13.8. The summed E-state index contributed by atoms with van der Waals surface area (Å²) in [6.45, 7) is 1.55. The summed E-state index contributed by atoms with van der Waals surface area (Å²) < 4.78 is 35.1. The first-order chi connectivity index (χ1) is 8.54. The molecule has 1 aromatic rings. The van der Waals surface area contributed by atoms with Crippen molar-refractivity contribution in [3.63, 3.8) is 0 Å². The number of methoxy groups -OCH3 is 1. The van der Waals surface area contributed by atoms with Gasteiger partial charge in [-0.1, -0.05) is 0 Å². The Kier molecular flexibility index (Phi) is 4.54. The van der Waals surface area contributed by atoms with Crippen molar-refractivity contribution in [3.05, 3.63) is 22.9 Å². The Morgan fingerprint density at radius 3 is 2.72 bits per heavy atom. The number of esters is 1. The van der Waals surface area contributed by atoms with Crippen LogP contribution >= 0.6 is 0 Å². The molecular formula is C11H10F2N2O3. The monoisotopic (exact) mass is 256 g/mol. The number of alkyl halides is 2. The third-order valence-electron chi connectivity index (χ3n) is 2.05. The fraction of sp³-hybridized carbons (Fsp3) is 0.364. The van der Waals surface area contributed by atoms with Crippen LogP contribution in [0.25, 0.3) is 0 Å². The summed E-state index contributed by atoms with van der Waals surface area (Å²) in [5.74, 6) is -1.11. The van der Waals surface area contributed by atoms with Crippen molar-refractivity contribution in [3.8, 4) is 11.9 Å². The average Bonchev–Trinajstić information content (AvgIpc) is 2.36. The Hall–Kier alpha value is -2.23. The van der Waals surface area contributed by atoms with Crippen LogP contribution in [0.5, 0.6) is 5.88 Å². The van der Waals surface area contributed by atoms with Crippen molar-refractivity contribution >= 4 is 5.97 Å². The lowest BCUT2D eigenvalue weighted by Gasteiger charge is -2.10. The van der Waals surface area contributed by atoms with Gasteiger partial charge in [0, 0.05) is 6.07 Å². The van der Waals surface area contributed by atoms with Crippen LogP contribution in [0.3, 0.4) is 0 Å². The van der Waals surface area contributed by atoms with Crippen LogP contribution in [0.4, 0.5) is 8.78 Å². The Balaban J connectivity index is 3.45. The lowest BCUT2D eigenvalue weighted by atomic mass is 10.1. The van der Waals surface area contributed by atoms with E-state index in [-0.39, 0.29) is 18.1 Å². The van der Waals surface area contributed by atoms with Crippen molar-refractivity contribution < 1.29 is 23.0 Å². The van der Waals surface area contributed by atoms with Gasteiger partial charge in [0.2, 0.25) is 5.88 Å². The maximum atomic E-state index is 12.9. The maximum Gasteiger partial charge on any atom is 0.357 e. The molecule has 0 atom stereocenters. The van der Waals surface area contributed by atoms with E-state index in [0.29, 0.717) is 0 Å². The number of carbonyl (C=O) groups excluding carboxylic acids is 1. The SMILES string of the molecule is CCOC(=O)c1nc(OC)cc(C#N)c1C(F)F. The van der Waals surface area contributed by atoms with Crippen molar-refractivity contribution in [1.82, 2.24) is 4.98 Å². The highest BCUT2D eigenvalue weighted by molar-refractivity contribution is 5.90. The lowest BCUT2D eigenvalue weighted by Crippen LogP contribution is -2.13. The normalized spacial score (nSPS) is 10.0. The minimum absolute atomic E-state index is 0.0162. The Bertz CT molecular complexity index is 498. The molecule has 7 heteroatoms. The first-order valence-electron chi connectivity index (χ1n) is 4.99. The average molecular weight is 256 g/mol. The predicted octanol–water partition coefficient (Wildman–Crippen LogP) is 2.08. The molecule has 96 valence electrons. The van der Waals surface area contributed by atoms with Crippen LogP contribution in [0, 0.1) is 11.3 Å². The molecule has 0 unspecified atom stereocenters. The Morgan fingerprint density at radius 1 is 1.61 bits per heavy atom. The van der Waals surface area contributed by atoms with E-state index >= 15 is 0 Å². The van der Waals surface area contributed by atoms with E-state index in [1.807, 2.05) is 0 Å². The van der Waals surface area contributed by atoms with Gasteiger partial charge < -0.3 is 9.47 Å². The molecule has 1 rings (SSSR count). The van der Waals surface area contributed by atoms with E-state index in [1.54, 1.807) is 6.07 Å². The highest BCUT2D eigenvalue weighted by atomic mass is 19.3. The van der Waals surface area contributed by atoms with Gasteiger partial charge >= 0.3 is 5.97 Å². The highest BCUT2D eigenvalue weighted by Gasteiger charge is 2.26. The molecule has 0 aliphatic heterocycles. The van der Waals surface area contributed by atoms with Crippen LogP contribution in [0.2, 0.25) is 0 Å². The van der Waals surface area contributed by atoms with Gasteiger partial charge in [-0.05, 0) is 6.92 Å². The molecule has 0 saturated heterocycles. The van der Waals surface area contributed by atoms with Crippen molar-refractivity contribution in [2.24, 2.45) is 0 Å². The summed E-state index contributed by atoms with van der Waals surface area (Å²) in [6.07, 6.45) is -3.00. The zero-order valence-corrected chi connectivity index (χ0v) is 9.74. The van der Waals surface area contributed by atoms with Crippen LogP contribution in [-0.4, -0.2) is 24.7 Å². The molecule has 0 aliphatic carbocycles. The first-order valence-corrected chi connectivity index (χ1v) is 4.99. The molecule has 0 aromatic carbocycles. The third kappa shape index (κ3) is 2.71. The molecule has 0 spiro atoms. The largest absolute Gasteiger partial charge is 0.481 e. The molecule has 0 fully saturated rings. The van der Waals surface area contributed by atoms with Gasteiger partial charge in [0.05, 0.1) is 30.9 Å². The minimum atomic E-state index is -3.00. The van der Waals surface area contributed by atoms with Gasteiger partial charge in [-0.15, -0.1) is 0 Å². The molecule has 0 N–H and O–H groups in total. The lowest BCUT2D eigenvalue weighted by molar-refractivity contribution is 0.0506. The zero-order valence-electron chi connectivity index (χ0n) is 9.74. The molecule has 0 aliphatic rings. The van der Waals surface area contributed by atoms with E-state index in [0.717, 1.165) is 6.07 Å². The van der Waals surface area contributed by atoms with Gasteiger partial charge in [-0.25, -0.2) is 18.6 Å². The molecule has 5 nitrogen and oxygen atoms in total. The van der Waals surface area contributed by atoms with Crippen LogP contribution in [0.15, 0.2) is 6.07 Å². The number of carbonyl (C=O) groups is 1. The highest BCUT2D eigenvalue weighted by Crippen LogP contribution is 2.28. The number of hydrogen-bond acceptors (Lipinski definition) is 5. The number of ether oxygens (including phenoxy) is 2. The number of nitriles is 1. The van der Waals surface area contributed by atoms with Gasteiger partial charge in [0.25, 0.3) is 6.43 Å². The quantitative estimate of drug-likeness (QED) is 0.771. The summed E-state index contributed by atoms with van der Waals surface area (Å²) >= 11 is 0. The van der Waals surface area contributed by atoms with Crippen molar-refractivity contribution in [1.29, 1.82) is 5.26 Å². The molecular weight excluding hydrogens is 246 g/mol. The number of hydrogen-bond donors (Lipinski definition) is 0. The molecule has 0 radical (unpaired) electrons. The van der Waals surface area contributed by atoms with Gasteiger partial charge in [-0.3, -0.25) is 0 Å². The van der Waals surface area contributed by atoms with E-state index in [9.17, 15) is 13.6 Å². The summed E-state index contributed by atoms with van der Waals surface area (Å²) in [4.78, 5) is 15.1. The fourth-order valence-corrected chi connectivity index (χ4v) is 1.30. The number of halogens is 2. The second kappa shape index (κ2) is 5.91. The third-order valence-corrected chi connectivity index (χ3v) is 2.05. The topological polar surface area (TPSA) is 72.2 Å². The van der Waals surface area contributed by atoms with E-state index in [1.165, 1.54) is 14.0 Å². The molecule has 1 aromatic heterocycles. The zero-order chi connectivity index (χ0) is 13.7. The standard InChI is InChI=1S/C11H10F2N2O3/c1-3-18-11(16)9-8(10(12)13)6(5-14)4-7(15-9)17-2/h4,10H,3H2,1-2H3. The van der Waals surface area contributed by atoms with Crippen LogP contribution in [-0.2, 0) is 4.74 Å².